The maximum atomic E-state index is 12.5. The molecule has 0 aliphatic heterocycles. The van der Waals surface area contributed by atoms with Crippen LogP contribution in [0.4, 0.5) is 0 Å². The Labute approximate surface area is 188 Å². The molecule has 174 valence electrons. The Bertz CT molecular complexity index is 926. The summed E-state index contributed by atoms with van der Waals surface area (Å²) in [4.78, 5) is 26.7. The standard InChI is InChI=1S/C24H32N2O6/c1-15-6-9-19(10-7-15)26(4)23(27)14-31-24(28)18-8-11-21(22(12-18)29-5)30-13-20-16(2)25-32-17(20)3/h8,11-12,15,19H,6-7,9-10,13-14H2,1-5H3. The van der Waals surface area contributed by atoms with E-state index < -0.39 is 5.97 Å². The Hall–Kier alpha value is -3.03. The van der Waals surface area contributed by atoms with E-state index in [1.54, 1.807) is 30.1 Å². The SMILES string of the molecule is COc1cc(C(=O)OCC(=O)N(C)C2CCC(C)CC2)ccc1OCc1c(C)noc1C. The highest BCUT2D eigenvalue weighted by molar-refractivity contribution is 5.92. The minimum absolute atomic E-state index is 0.190. The predicted molar refractivity (Wildman–Crippen MR) is 118 cm³/mol. The van der Waals surface area contributed by atoms with Crippen LogP contribution >= 0.6 is 0 Å². The average Bonchev–Trinajstić information content (AvgIpc) is 3.12. The molecule has 0 saturated heterocycles. The van der Waals surface area contributed by atoms with E-state index >= 15 is 0 Å². The molecule has 2 aromatic rings. The molecule has 1 saturated carbocycles. The van der Waals surface area contributed by atoms with Crippen LogP contribution in [0.5, 0.6) is 11.5 Å². The quantitative estimate of drug-likeness (QED) is 0.567. The zero-order chi connectivity index (χ0) is 23.3. The van der Waals surface area contributed by atoms with E-state index in [2.05, 4.69) is 12.1 Å². The normalized spacial score (nSPS) is 18.2. The monoisotopic (exact) mass is 444 g/mol. The van der Waals surface area contributed by atoms with Gasteiger partial charge in [0.2, 0.25) is 0 Å². The Morgan fingerprint density at radius 1 is 1.16 bits per heavy atom. The summed E-state index contributed by atoms with van der Waals surface area (Å²) >= 11 is 0. The van der Waals surface area contributed by atoms with E-state index in [1.165, 1.54) is 7.11 Å². The van der Waals surface area contributed by atoms with Gasteiger partial charge in [-0.05, 0) is 63.6 Å². The van der Waals surface area contributed by atoms with Crippen molar-refractivity contribution in [1.29, 1.82) is 0 Å². The van der Waals surface area contributed by atoms with Crippen LogP contribution in [0.15, 0.2) is 22.7 Å². The third kappa shape index (κ3) is 5.60. The predicted octanol–water partition coefficient (Wildman–Crippen LogP) is 4.07. The van der Waals surface area contributed by atoms with Crippen LogP contribution < -0.4 is 9.47 Å². The maximum Gasteiger partial charge on any atom is 0.338 e. The molecule has 1 heterocycles. The second kappa shape index (κ2) is 10.5. The molecule has 0 atom stereocenters. The van der Waals surface area contributed by atoms with E-state index in [0.29, 0.717) is 23.2 Å². The zero-order valence-electron chi connectivity index (χ0n) is 19.5. The lowest BCUT2D eigenvalue weighted by atomic mass is 9.87. The molecule has 0 radical (unpaired) electrons. The molecule has 1 aromatic carbocycles. The molecule has 1 fully saturated rings. The van der Waals surface area contributed by atoms with Crippen LogP contribution in [0.1, 0.15) is 60.0 Å². The molecular formula is C24H32N2O6. The summed E-state index contributed by atoms with van der Waals surface area (Å²) < 4.78 is 21.6. The summed E-state index contributed by atoms with van der Waals surface area (Å²) in [7, 11) is 3.28. The van der Waals surface area contributed by atoms with Crippen molar-refractivity contribution in [3.63, 3.8) is 0 Å². The average molecular weight is 445 g/mol. The van der Waals surface area contributed by atoms with E-state index in [9.17, 15) is 9.59 Å². The van der Waals surface area contributed by atoms with Gasteiger partial charge < -0.3 is 23.6 Å². The Morgan fingerprint density at radius 3 is 2.50 bits per heavy atom. The topological polar surface area (TPSA) is 91.1 Å². The summed E-state index contributed by atoms with van der Waals surface area (Å²) in [6.45, 7) is 5.89. The minimum Gasteiger partial charge on any atom is -0.493 e. The Balaban J connectivity index is 1.56. The number of carbonyl (C=O) groups excluding carboxylic acids is 2. The number of hydrogen-bond donors (Lipinski definition) is 0. The number of methoxy groups -OCH3 is 1. The lowest BCUT2D eigenvalue weighted by molar-refractivity contribution is -0.136. The number of benzene rings is 1. The first kappa shape index (κ1) is 23.6. The van der Waals surface area contributed by atoms with Gasteiger partial charge in [-0.1, -0.05) is 12.1 Å². The highest BCUT2D eigenvalue weighted by Gasteiger charge is 2.25. The van der Waals surface area contributed by atoms with Crippen LogP contribution in [-0.2, 0) is 16.1 Å². The maximum absolute atomic E-state index is 12.5. The number of esters is 1. The molecule has 1 aliphatic rings. The van der Waals surface area contributed by atoms with Gasteiger partial charge in [-0.15, -0.1) is 0 Å². The van der Waals surface area contributed by atoms with Gasteiger partial charge in [0.25, 0.3) is 5.91 Å². The van der Waals surface area contributed by atoms with E-state index in [0.717, 1.165) is 36.9 Å². The van der Waals surface area contributed by atoms with E-state index in [-0.39, 0.29) is 30.7 Å². The molecule has 8 heteroatoms. The van der Waals surface area contributed by atoms with Crippen molar-refractivity contribution in [1.82, 2.24) is 10.1 Å². The molecular weight excluding hydrogens is 412 g/mol. The van der Waals surface area contributed by atoms with Crippen LogP contribution in [0.2, 0.25) is 0 Å². The van der Waals surface area contributed by atoms with Gasteiger partial charge in [-0.3, -0.25) is 4.79 Å². The van der Waals surface area contributed by atoms with Crippen LogP contribution in [0.3, 0.4) is 0 Å². The molecule has 1 amide bonds. The summed E-state index contributed by atoms with van der Waals surface area (Å²) in [6, 6.07) is 4.99. The fourth-order valence-corrected chi connectivity index (χ4v) is 3.92. The van der Waals surface area contributed by atoms with Gasteiger partial charge in [0, 0.05) is 13.1 Å². The Kier molecular flexibility index (Phi) is 7.77. The number of nitrogens with zero attached hydrogens (tertiary/aromatic N) is 2. The van der Waals surface area contributed by atoms with Crippen molar-refractivity contribution in [3.8, 4) is 11.5 Å². The number of rotatable bonds is 8. The first-order valence-electron chi connectivity index (χ1n) is 11.0. The number of ether oxygens (including phenoxy) is 3. The number of likely N-dealkylation sites (N-methyl/N-ethyl adjacent to an activating group) is 1. The molecule has 1 aliphatic carbocycles. The lowest BCUT2D eigenvalue weighted by Gasteiger charge is -2.33. The van der Waals surface area contributed by atoms with Gasteiger partial charge in [0.05, 0.1) is 23.9 Å². The highest BCUT2D eigenvalue weighted by Crippen LogP contribution is 2.30. The van der Waals surface area contributed by atoms with E-state index in [4.69, 9.17) is 18.7 Å². The molecule has 0 N–H and O–H groups in total. The van der Waals surface area contributed by atoms with Crippen molar-refractivity contribution in [2.45, 2.75) is 59.1 Å². The van der Waals surface area contributed by atoms with Gasteiger partial charge in [-0.2, -0.15) is 0 Å². The van der Waals surface area contributed by atoms with Gasteiger partial charge in [0.1, 0.15) is 12.4 Å². The number of hydrogen-bond acceptors (Lipinski definition) is 7. The summed E-state index contributed by atoms with van der Waals surface area (Å²) in [5.74, 6) is 1.50. The fourth-order valence-electron chi connectivity index (χ4n) is 3.92. The van der Waals surface area contributed by atoms with Crippen LogP contribution in [0, 0.1) is 19.8 Å². The smallest absolute Gasteiger partial charge is 0.338 e. The van der Waals surface area contributed by atoms with Crippen molar-refractivity contribution < 1.29 is 28.3 Å². The minimum atomic E-state index is -0.584. The van der Waals surface area contributed by atoms with Gasteiger partial charge >= 0.3 is 5.97 Å². The number of carbonyl (C=O) groups is 2. The molecule has 1 aromatic heterocycles. The van der Waals surface area contributed by atoms with Crippen LogP contribution in [0.25, 0.3) is 0 Å². The number of aryl methyl sites for hydroxylation is 2. The van der Waals surface area contributed by atoms with Crippen molar-refractivity contribution in [3.05, 3.63) is 40.8 Å². The van der Waals surface area contributed by atoms with Crippen molar-refractivity contribution in [2.24, 2.45) is 5.92 Å². The summed E-state index contributed by atoms with van der Waals surface area (Å²) in [5, 5.41) is 3.91. The molecule has 32 heavy (non-hydrogen) atoms. The van der Waals surface area contributed by atoms with Gasteiger partial charge in [0.15, 0.2) is 18.1 Å². The number of amides is 1. The third-order valence-electron chi connectivity index (χ3n) is 6.21. The zero-order valence-corrected chi connectivity index (χ0v) is 19.5. The van der Waals surface area contributed by atoms with Gasteiger partial charge in [-0.25, -0.2) is 4.79 Å². The number of aromatic nitrogens is 1. The Morgan fingerprint density at radius 2 is 1.88 bits per heavy atom. The fraction of sp³-hybridized carbons (Fsp3) is 0.542. The van der Waals surface area contributed by atoms with Crippen molar-refractivity contribution in [2.75, 3.05) is 20.8 Å². The van der Waals surface area contributed by atoms with Crippen molar-refractivity contribution >= 4 is 11.9 Å². The largest absolute Gasteiger partial charge is 0.493 e. The second-order valence-electron chi connectivity index (χ2n) is 8.45. The summed E-state index contributed by atoms with van der Waals surface area (Å²) in [6.07, 6.45) is 4.22. The molecule has 0 unspecified atom stereocenters. The van der Waals surface area contributed by atoms with E-state index in [1.807, 2.05) is 13.8 Å². The summed E-state index contributed by atoms with van der Waals surface area (Å²) in [5.41, 5.74) is 1.91. The molecule has 3 rings (SSSR count). The first-order chi connectivity index (χ1) is 15.3. The second-order valence-corrected chi connectivity index (χ2v) is 8.45. The molecule has 8 nitrogen and oxygen atoms in total. The molecule has 0 spiro atoms. The third-order valence-corrected chi connectivity index (χ3v) is 6.21. The highest BCUT2D eigenvalue weighted by atomic mass is 16.5. The van der Waals surface area contributed by atoms with Crippen LogP contribution in [-0.4, -0.2) is 48.7 Å². The first-order valence-corrected chi connectivity index (χ1v) is 11.0. The lowest BCUT2D eigenvalue weighted by Crippen LogP contribution is -2.41. The molecule has 0 bridgehead atoms.